The van der Waals surface area contributed by atoms with E-state index in [0.717, 1.165) is 12.0 Å². The second-order valence-corrected chi connectivity index (χ2v) is 6.61. The van der Waals surface area contributed by atoms with Gasteiger partial charge in [-0.15, -0.1) is 11.8 Å². The molecular formula is C14H18N2O2S. The zero-order valence-electron chi connectivity index (χ0n) is 11.1. The fraction of sp³-hybridized carbons (Fsp3) is 0.429. The summed E-state index contributed by atoms with van der Waals surface area (Å²) >= 11 is 1.62. The topological polar surface area (TPSA) is 49.4 Å². The van der Waals surface area contributed by atoms with Crippen LogP contribution in [-0.4, -0.2) is 33.9 Å². The van der Waals surface area contributed by atoms with E-state index in [-0.39, 0.29) is 16.8 Å². The molecule has 4 nitrogen and oxygen atoms in total. The van der Waals surface area contributed by atoms with Gasteiger partial charge in [0.05, 0.1) is 4.87 Å². The zero-order valence-corrected chi connectivity index (χ0v) is 11.9. The van der Waals surface area contributed by atoms with Crippen LogP contribution in [0.15, 0.2) is 30.3 Å². The van der Waals surface area contributed by atoms with Crippen LogP contribution in [0.25, 0.3) is 0 Å². The van der Waals surface area contributed by atoms with Gasteiger partial charge in [-0.05, 0) is 19.4 Å². The van der Waals surface area contributed by atoms with Crippen molar-refractivity contribution in [3.05, 3.63) is 35.9 Å². The summed E-state index contributed by atoms with van der Waals surface area (Å²) in [7, 11) is 0. The molecule has 5 heteroatoms. The molecule has 0 saturated carbocycles. The number of benzene rings is 1. The van der Waals surface area contributed by atoms with Crippen molar-refractivity contribution < 1.29 is 9.59 Å². The van der Waals surface area contributed by atoms with Gasteiger partial charge in [0.2, 0.25) is 12.3 Å². The van der Waals surface area contributed by atoms with Gasteiger partial charge in [-0.2, -0.15) is 0 Å². The normalized spacial score (nSPS) is 21.2. The van der Waals surface area contributed by atoms with Crippen molar-refractivity contribution in [1.29, 1.82) is 0 Å². The van der Waals surface area contributed by atoms with Gasteiger partial charge in [0, 0.05) is 12.3 Å². The molecule has 0 bridgehead atoms. The first-order valence-corrected chi connectivity index (χ1v) is 7.22. The van der Waals surface area contributed by atoms with Gasteiger partial charge in [-0.1, -0.05) is 30.3 Å². The van der Waals surface area contributed by atoms with Gasteiger partial charge in [-0.3, -0.25) is 9.59 Å². The zero-order chi connectivity index (χ0) is 13.9. The molecule has 102 valence electrons. The highest BCUT2D eigenvalue weighted by atomic mass is 32.2. The lowest BCUT2D eigenvalue weighted by molar-refractivity contribution is -0.133. The van der Waals surface area contributed by atoms with Gasteiger partial charge in [0.1, 0.15) is 6.04 Å². The molecule has 1 saturated heterocycles. The molecule has 0 aliphatic carbocycles. The fourth-order valence-electron chi connectivity index (χ4n) is 2.12. The highest BCUT2D eigenvalue weighted by molar-refractivity contribution is 8.00. The Kier molecular flexibility index (Phi) is 4.14. The van der Waals surface area contributed by atoms with E-state index in [4.69, 9.17) is 0 Å². The van der Waals surface area contributed by atoms with Crippen LogP contribution < -0.4 is 5.32 Å². The molecule has 0 unspecified atom stereocenters. The van der Waals surface area contributed by atoms with Crippen molar-refractivity contribution in [2.75, 3.05) is 5.75 Å². The molecule has 0 spiro atoms. The van der Waals surface area contributed by atoms with Gasteiger partial charge >= 0.3 is 0 Å². The van der Waals surface area contributed by atoms with E-state index in [9.17, 15) is 9.59 Å². The minimum Gasteiger partial charge on any atom is -0.350 e. The third kappa shape index (κ3) is 3.10. The summed E-state index contributed by atoms with van der Waals surface area (Å²) < 4.78 is 0. The molecule has 2 amide bonds. The summed E-state index contributed by atoms with van der Waals surface area (Å²) in [5.41, 5.74) is 1.05. The Labute approximate surface area is 117 Å². The van der Waals surface area contributed by atoms with Crippen LogP contribution in [-0.2, 0) is 16.1 Å². The van der Waals surface area contributed by atoms with Crippen LogP contribution >= 0.6 is 11.8 Å². The average molecular weight is 278 g/mol. The maximum absolute atomic E-state index is 12.2. The molecular weight excluding hydrogens is 260 g/mol. The molecule has 19 heavy (non-hydrogen) atoms. The Morgan fingerprint density at radius 2 is 2.16 bits per heavy atom. The summed E-state index contributed by atoms with van der Waals surface area (Å²) in [6, 6.07) is 9.37. The van der Waals surface area contributed by atoms with E-state index < -0.39 is 0 Å². The highest BCUT2D eigenvalue weighted by Gasteiger charge is 2.42. The number of hydrogen-bond acceptors (Lipinski definition) is 3. The van der Waals surface area contributed by atoms with E-state index in [1.165, 1.54) is 0 Å². The predicted octanol–water partition coefficient (Wildman–Crippen LogP) is 1.61. The van der Waals surface area contributed by atoms with Crippen molar-refractivity contribution in [2.45, 2.75) is 31.3 Å². The first-order chi connectivity index (χ1) is 9.04. The number of carbonyl (C=O) groups is 2. The number of rotatable bonds is 4. The lowest BCUT2D eigenvalue weighted by Crippen LogP contribution is -2.49. The van der Waals surface area contributed by atoms with Crippen LogP contribution in [0.1, 0.15) is 19.4 Å². The Bertz CT molecular complexity index is 462. The van der Waals surface area contributed by atoms with Crippen molar-refractivity contribution in [2.24, 2.45) is 0 Å². The summed E-state index contributed by atoms with van der Waals surface area (Å²) in [6.45, 7) is 4.40. The van der Waals surface area contributed by atoms with Crippen LogP contribution in [0.2, 0.25) is 0 Å². The molecule has 1 atom stereocenters. The molecule has 2 rings (SSSR count). The Balaban J connectivity index is 1.95. The Morgan fingerprint density at radius 3 is 2.79 bits per heavy atom. The summed E-state index contributed by atoms with van der Waals surface area (Å²) in [6.07, 6.45) is 0.771. The first kappa shape index (κ1) is 13.9. The summed E-state index contributed by atoms with van der Waals surface area (Å²) in [5, 5.41) is 2.89. The fourth-order valence-corrected chi connectivity index (χ4v) is 3.32. The summed E-state index contributed by atoms with van der Waals surface area (Å²) in [5.74, 6) is 0.556. The SMILES string of the molecule is CC1(C)SC[C@H](C(=O)NCc2ccccc2)N1C=O. The standard InChI is InChI=1S/C14H18N2O2S/c1-14(2)16(10-17)12(9-19-14)13(18)15-8-11-6-4-3-5-7-11/h3-7,10,12H,8-9H2,1-2H3,(H,15,18)/t12-/m1/s1. The molecule has 1 aliphatic rings. The maximum atomic E-state index is 12.2. The first-order valence-electron chi connectivity index (χ1n) is 6.24. The quantitative estimate of drug-likeness (QED) is 0.851. The largest absolute Gasteiger partial charge is 0.350 e. The average Bonchev–Trinajstić information content (AvgIpc) is 2.72. The molecule has 1 fully saturated rings. The smallest absolute Gasteiger partial charge is 0.243 e. The molecule has 1 aliphatic heterocycles. The number of thioether (sulfide) groups is 1. The number of nitrogens with zero attached hydrogens (tertiary/aromatic N) is 1. The van der Waals surface area contributed by atoms with Gasteiger partial charge < -0.3 is 10.2 Å². The number of hydrogen-bond donors (Lipinski definition) is 1. The minimum absolute atomic E-state index is 0.0889. The number of amides is 2. The number of carbonyl (C=O) groups excluding carboxylic acids is 2. The number of nitrogens with one attached hydrogen (secondary N) is 1. The lowest BCUT2D eigenvalue weighted by Gasteiger charge is -2.30. The second kappa shape index (κ2) is 5.65. The lowest BCUT2D eigenvalue weighted by atomic mass is 10.2. The Morgan fingerprint density at radius 1 is 1.47 bits per heavy atom. The highest BCUT2D eigenvalue weighted by Crippen LogP contribution is 2.37. The van der Waals surface area contributed by atoms with Crippen molar-refractivity contribution in [1.82, 2.24) is 10.2 Å². The third-order valence-corrected chi connectivity index (χ3v) is 4.68. The monoisotopic (exact) mass is 278 g/mol. The van der Waals surface area contributed by atoms with E-state index in [1.54, 1.807) is 16.7 Å². The third-order valence-electron chi connectivity index (χ3n) is 3.28. The molecule has 1 N–H and O–H groups in total. The maximum Gasteiger partial charge on any atom is 0.243 e. The van der Waals surface area contributed by atoms with Crippen LogP contribution in [0.5, 0.6) is 0 Å². The van der Waals surface area contributed by atoms with Crippen molar-refractivity contribution in [3.63, 3.8) is 0 Å². The van der Waals surface area contributed by atoms with E-state index >= 15 is 0 Å². The molecule has 0 aromatic heterocycles. The van der Waals surface area contributed by atoms with E-state index in [1.807, 2.05) is 44.2 Å². The molecule has 0 radical (unpaired) electrons. The van der Waals surface area contributed by atoms with E-state index in [0.29, 0.717) is 12.3 Å². The second-order valence-electron chi connectivity index (χ2n) is 4.99. The van der Waals surface area contributed by atoms with Crippen molar-refractivity contribution in [3.8, 4) is 0 Å². The van der Waals surface area contributed by atoms with Crippen LogP contribution in [0.4, 0.5) is 0 Å². The molecule has 1 aromatic rings. The predicted molar refractivity (Wildman–Crippen MR) is 76.5 cm³/mol. The molecule has 1 aromatic carbocycles. The van der Waals surface area contributed by atoms with Gasteiger partial charge in [0.15, 0.2) is 0 Å². The van der Waals surface area contributed by atoms with Crippen LogP contribution in [0.3, 0.4) is 0 Å². The Hall–Kier alpha value is -1.49. The van der Waals surface area contributed by atoms with Crippen molar-refractivity contribution >= 4 is 24.1 Å². The van der Waals surface area contributed by atoms with Gasteiger partial charge in [0.25, 0.3) is 0 Å². The van der Waals surface area contributed by atoms with Gasteiger partial charge in [-0.25, -0.2) is 0 Å². The minimum atomic E-state index is -0.374. The summed E-state index contributed by atoms with van der Waals surface area (Å²) in [4.78, 5) is 24.6. The molecule has 1 heterocycles. The van der Waals surface area contributed by atoms with E-state index in [2.05, 4.69) is 5.32 Å². The van der Waals surface area contributed by atoms with Crippen LogP contribution in [0, 0.1) is 0 Å².